The smallest absolute Gasteiger partial charge is 0.197 e. The highest BCUT2D eigenvalue weighted by atomic mass is 16.5. The van der Waals surface area contributed by atoms with E-state index >= 15 is 0 Å². The molecule has 5 atom stereocenters. The van der Waals surface area contributed by atoms with Gasteiger partial charge in [0.15, 0.2) is 16.9 Å². The Bertz CT molecular complexity index is 1230. The lowest BCUT2D eigenvalue weighted by Gasteiger charge is -2.39. The fourth-order valence-electron chi connectivity index (χ4n) is 3.85. The monoisotopic (exact) mass is 446 g/mol. The largest absolute Gasteiger partial charge is 0.507 e. The molecule has 0 amide bonds. The van der Waals surface area contributed by atoms with Gasteiger partial charge in [-0.1, -0.05) is 0 Å². The summed E-state index contributed by atoms with van der Waals surface area (Å²) < 4.78 is 16.3. The van der Waals surface area contributed by atoms with E-state index in [0.717, 1.165) is 12.1 Å². The van der Waals surface area contributed by atoms with E-state index in [1.54, 1.807) is 0 Å². The molecule has 1 fully saturated rings. The highest BCUT2D eigenvalue weighted by molar-refractivity contribution is 5.88. The molecule has 3 aromatic rings. The van der Waals surface area contributed by atoms with E-state index in [0.29, 0.717) is 5.56 Å². The number of benzene rings is 2. The third-order valence-electron chi connectivity index (χ3n) is 5.61. The Hall–Kier alpha value is -3.31. The van der Waals surface area contributed by atoms with Crippen molar-refractivity contribution in [2.75, 3.05) is 7.11 Å². The summed E-state index contributed by atoms with van der Waals surface area (Å²) in [6.45, 7) is 1.45. The minimum absolute atomic E-state index is 0.0912. The van der Waals surface area contributed by atoms with E-state index in [1.807, 2.05) is 0 Å². The molecule has 1 saturated heterocycles. The van der Waals surface area contributed by atoms with Crippen LogP contribution < -0.4 is 10.2 Å². The minimum Gasteiger partial charge on any atom is -0.507 e. The van der Waals surface area contributed by atoms with Crippen molar-refractivity contribution in [1.82, 2.24) is 0 Å². The topological polar surface area (TPSA) is 170 Å². The number of hydrogen-bond donors (Lipinski definition) is 6. The number of aliphatic hydroxyl groups is 3. The average Bonchev–Trinajstić information content (AvgIpc) is 2.75. The second-order valence-electron chi connectivity index (χ2n) is 7.63. The summed E-state index contributed by atoms with van der Waals surface area (Å²) >= 11 is 0. The number of methoxy groups -OCH3 is 1. The predicted molar refractivity (Wildman–Crippen MR) is 111 cm³/mol. The van der Waals surface area contributed by atoms with Gasteiger partial charge in [-0.25, -0.2) is 0 Å². The number of ether oxygens (including phenoxy) is 2. The molecule has 0 aliphatic carbocycles. The van der Waals surface area contributed by atoms with Crippen LogP contribution in [0, 0.1) is 0 Å². The van der Waals surface area contributed by atoms with Crippen LogP contribution in [0.1, 0.15) is 18.6 Å². The lowest BCUT2D eigenvalue weighted by atomic mass is 9.90. The van der Waals surface area contributed by atoms with Crippen LogP contribution in [-0.2, 0) is 4.74 Å². The number of phenolic OH excluding ortho intramolecular Hbond substituents is 3. The molecule has 32 heavy (non-hydrogen) atoms. The molecule has 0 saturated carbocycles. The first-order valence-corrected chi connectivity index (χ1v) is 9.73. The van der Waals surface area contributed by atoms with E-state index in [-0.39, 0.29) is 33.8 Å². The number of rotatable bonds is 3. The highest BCUT2D eigenvalue weighted by Gasteiger charge is 2.44. The van der Waals surface area contributed by atoms with Crippen LogP contribution in [0.15, 0.2) is 39.5 Å². The molecule has 1 aliphatic heterocycles. The zero-order valence-corrected chi connectivity index (χ0v) is 17.1. The van der Waals surface area contributed by atoms with Crippen LogP contribution in [-0.4, -0.2) is 62.2 Å². The van der Waals surface area contributed by atoms with Crippen molar-refractivity contribution in [2.24, 2.45) is 0 Å². The molecule has 0 spiro atoms. The average molecular weight is 446 g/mol. The number of hydrogen-bond acceptors (Lipinski definition) is 10. The summed E-state index contributed by atoms with van der Waals surface area (Å²) in [4.78, 5) is 12.8. The summed E-state index contributed by atoms with van der Waals surface area (Å²) in [5, 5.41) is 61.1. The Morgan fingerprint density at radius 3 is 2.34 bits per heavy atom. The maximum absolute atomic E-state index is 12.8. The van der Waals surface area contributed by atoms with Crippen molar-refractivity contribution < 1.29 is 44.5 Å². The van der Waals surface area contributed by atoms with Crippen molar-refractivity contribution in [1.29, 1.82) is 0 Å². The third kappa shape index (κ3) is 3.43. The molecule has 2 aromatic carbocycles. The van der Waals surface area contributed by atoms with Gasteiger partial charge in [-0.15, -0.1) is 0 Å². The van der Waals surface area contributed by atoms with Crippen molar-refractivity contribution in [3.05, 3.63) is 46.1 Å². The molecule has 1 aliphatic rings. The van der Waals surface area contributed by atoms with Gasteiger partial charge in [-0.2, -0.15) is 0 Å². The molecule has 0 bridgehead atoms. The highest BCUT2D eigenvalue weighted by Crippen LogP contribution is 2.44. The minimum atomic E-state index is -1.67. The van der Waals surface area contributed by atoms with E-state index in [1.165, 1.54) is 32.2 Å². The first-order chi connectivity index (χ1) is 15.1. The lowest BCUT2D eigenvalue weighted by molar-refractivity contribution is -0.220. The quantitative estimate of drug-likeness (QED) is 0.343. The van der Waals surface area contributed by atoms with Gasteiger partial charge in [-0.3, -0.25) is 4.79 Å². The van der Waals surface area contributed by atoms with Gasteiger partial charge < -0.3 is 44.5 Å². The van der Waals surface area contributed by atoms with Crippen molar-refractivity contribution in [2.45, 2.75) is 37.4 Å². The maximum Gasteiger partial charge on any atom is 0.197 e. The SMILES string of the molecule is COc1cc(-c2cc(=O)c3c(O)c(C4OC(C)C(O)C(O)C4O)c(O)cc3o2)ccc1O. The summed E-state index contributed by atoms with van der Waals surface area (Å²) in [6, 6.07) is 6.52. The number of aromatic hydroxyl groups is 3. The molecule has 2 heterocycles. The van der Waals surface area contributed by atoms with Gasteiger partial charge in [0, 0.05) is 17.7 Å². The van der Waals surface area contributed by atoms with Gasteiger partial charge in [-0.05, 0) is 25.1 Å². The number of phenols is 3. The van der Waals surface area contributed by atoms with Crippen LogP contribution in [0.25, 0.3) is 22.3 Å². The molecule has 170 valence electrons. The van der Waals surface area contributed by atoms with Crippen molar-refractivity contribution in [3.63, 3.8) is 0 Å². The molecule has 5 unspecified atom stereocenters. The Morgan fingerprint density at radius 2 is 1.66 bits per heavy atom. The second kappa shape index (κ2) is 7.99. The zero-order valence-electron chi connectivity index (χ0n) is 17.1. The van der Waals surface area contributed by atoms with Crippen LogP contribution in [0.5, 0.6) is 23.0 Å². The van der Waals surface area contributed by atoms with Gasteiger partial charge in [0.1, 0.15) is 52.6 Å². The summed E-state index contributed by atoms with van der Waals surface area (Å²) in [6.07, 6.45) is -6.97. The van der Waals surface area contributed by atoms with E-state index in [4.69, 9.17) is 13.9 Å². The molecule has 10 heteroatoms. The Balaban J connectivity index is 1.86. The van der Waals surface area contributed by atoms with Gasteiger partial charge in [0.05, 0.1) is 18.8 Å². The molecule has 10 nitrogen and oxygen atoms in total. The zero-order chi connectivity index (χ0) is 23.3. The fourth-order valence-corrected chi connectivity index (χ4v) is 3.85. The van der Waals surface area contributed by atoms with E-state index in [2.05, 4.69) is 0 Å². The molecular weight excluding hydrogens is 424 g/mol. The van der Waals surface area contributed by atoms with Crippen LogP contribution in [0.3, 0.4) is 0 Å². The molecule has 0 radical (unpaired) electrons. The van der Waals surface area contributed by atoms with Gasteiger partial charge >= 0.3 is 0 Å². The fraction of sp³-hybridized carbons (Fsp3) is 0.318. The standard InChI is InChI=1S/C22H22O10/c1-8-18(26)20(28)21(29)22(31-8)17-12(25)7-15-16(19(17)27)11(24)6-13(32-15)9-3-4-10(23)14(5-9)30-2/h3-8,18,20-23,25-29H,1-2H3. The van der Waals surface area contributed by atoms with Crippen molar-refractivity contribution in [3.8, 4) is 34.3 Å². The Labute approximate surface area is 181 Å². The normalized spacial score (nSPS) is 25.7. The number of fused-ring (bicyclic) bond motifs is 1. The summed E-state index contributed by atoms with van der Waals surface area (Å²) in [5.41, 5.74) is -0.698. The number of aliphatic hydroxyl groups excluding tert-OH is 3. The van der Waals surface area contributed by atoms with Crippen molar-refractivity contribution >= 4 is 11.0 Å². The first-order valence-electron chi connectivity index (χ1n) is 9.73. The van der Waals surface area contributed by atoms with Crippen LogP contribution in [0.2, 0.25) is 0 Å². The third-order valence-corrected chi connectivity index (χ3v) is 5.61. The first kappa shape index (κ1) is 21.9. The predicted octanol–water partition coefficient (Wildman–Crippen LogP) is 1.13. The molecule has 4 rings (SSSR count). The molecular formula is C22H22O10. The summed E-state index contributed by atoms with van der Waals surface area (Å²) in [5.74, 6) is -1.08. The van der Waals surface area contributed by atoms with Gasteiger partial charge in [0.25, 0.3) is 0 Å². The van der Waals surface area contributed by atoms with Gasteiger partial charge in [0.2, 0.25) is 0 Å². The van der Waals surface area contributed by atoms with E-state index < -0.39 is 47.4 Å². The van der Waals surface area contributed by atoms with Crippen LogP contribution in [0.4, 0.5) is 0 Å². The van der Waals surface area contributed by atoms with E-state index in [9.17, 15) is 35.4 Å². The summed E-state index contributed by atoms with van der Waals surface area (Å²) in [7, 11) is 1.37. The molecule has 6 N–H and O–H groups in total. The Morgan fingerprint density at radius 1 is 0.938 bits per heavy atom. The lowest BCUT2D eigenvalue weighted by Crippen LogP contribution is -2.53. The maximum atomic E-state index is 12.8. The van der Waals surface area contributed by atoms with Crippen LogP contribution >= 0.6 is 0 Å². The Kier molecular flexibility index (Phi) is 5.47. The second-order valence-corrected chi connectivity index (χ2v) is 7.63. The molecule has 1 aromatic heterocycles.